The molecule has 2 rings (SSSR count). The number of hydrogen-bond acceptors (Lipinski definition) is 2. The zero-order chi connectivity index (χ0) is 11.0. The summed E-state index contributed by atoms with van der Waals surface area (Å²) in [5.41, 5.74) is 13.3. The lowest BCUT2D eigenvalue weighted by molar-refractivity contribution is 0.581. The Morgan fingerprint density at radius 2 is 2.27 bits per heavy atom. The molecule has 0 saturated heterocycles. The molecule has 2 aliphatic carbocycles. The second-order valence-electron chi connectivity index (χ2n) is 4.23. The molecular formula is C11H15N3S. The van der Waals surface area contributed by atoms with Crippen molar-refractivity contribution in [3.63, 3.8) is 0 Å². The van der Waals surface area contributed by atoms with Gasteiger partial charge < -0.3 is 5.73 Å². The number of fused-ring (bicyclic) bond motifs is 1. The fourth-order valence-corrected chi connectivity index (χ4v) is 2.44. The summed E-state index contributed by atoms with van der Waals surface area (Å²) in [6.45, 7) is 4.32. The number of nitrogens with one attached hydrogen (secondary N) is 1. The van der Waals surface area contributed by atoms with Crippen molar-refractivity contribution < 1.29 is 0 Å². The summed E-state index contributed by atoms with van der Waals surface area (Å²) < 4.78 is 0. The van der Waals surface area contributed by atoms with Crippen LogP contribution in [0.3, 0.4) is 0 Å². The molecule has 0 aromatic carbocycles. The van der Waals surface area contributed by atoms with E-state index in [4.69, 9.17) is 18.0 Å². The van der Waals surface area contributed by atoms with Crippen LogP contribution in [0.5, 0.6) is 0 Å². The number of thiocarbonyl (C=S) groups is 1. The van der Waals surface area contributed by atoms with Crippen LogP contribution < -0.4 is 11.2 Å². The molecule has 0 heterocycles. The lowest BCUT2D eigenvalue weighted by atomic mass is 9.69. The van der Waals surface area contributed by atoms with E-state index in [0.29, 0.717) is 5.92 Å². The first-order chi connectivity index (χ1) is 7.08. The van der Waals surface area contributed by atoms with Gasteiger partial charge in [-0.2, -0.15) is 5.10 Å². The molecule has 1 atom stereocenters. The molecule has 3 N–H and O–H groups in total. The van der Waals surface area contributed by atoms with Gasteiger partial charge in [-0.3, -0.25) is 5.43 Å². The van der Waals surface area contributed by atoms with Crippen LogP contribution in [0.15, 0.2) is 27.9 Å². The normalized spacial score (nSPS) is 26.9. The minimum absolute atomic E-state index is 0.228. The van der Waals surface area contributed by atoms with Gasteiger partial charge in [-0.15, -0.1) is 0 Å². The van der Waals surface area contributed by atoms with E-state index in [0.717, 1.165) is 12.1 Å². The third-order valence-corrected chi connectivity index (χ3v) is 3.01. The third-order valence-electron chi connectivity index (χ3n) is 2.92. The van der Waals surface area contributed by atoms with Gasteiger partial charge >= 0.3 is 0 Å². The quantitative estimate of drug-likeness (QED) is 0.525. The lowest BCUT2D eigenvalue weighted by Crippen LogP contribution is -2.34. The molecule has 3 nitrogen and oxygen atoms in total. The number of nitrogens with two attached hydrogens (primary N) is 1. The Morgan fingerprint density at radius 1 is 1.53 bits per heavy atom. The van der Waals surface area contributed by atoms with Gasteiger partial charge in [0, 0.05) is 0 Å². The Bertz CT molecular complexity index is 404. The number of rotatable bonds is 1. The molecule has 0 bridgehead atoms. The minimum atomic E-state index is 0.228. The van der Waals surface area contributed by atoms with E-state index in [1.807, 2.05) is 0 Å². The Morgan fingerprint density at radius 3 is 2.87 bits per heavy atom. The summed E-state index contributed by atoms with van der Waals surface area (Å²) in [7, 11) is 0. The molecule has 0 amide bonds. The maximum absolute atomic E-state index is 5.33. The smallest absolute Gasteiger partial charge is 0.184 e. The molecule has 1 saturated carbocycles. The van der Waals surface area contributed by atoms with Gasteiger partial charge in [0.05, 0.1) is 5.71 Å². The molecule has 0 aromatic rings. The zero-order valence-corrected chi connectivity index (χ0v) is 9.82. The van der Waals surface area contributed by atoms with E-state index in [1.54, 1.807) is 0 Å². The first-order valence-electron chi connectivity index (χ1n) is 5.08. The summed E-state index contributed by atoms with van der Waals surface area (Å²) in [4.78, 5) is 0. The Labute approximate surface area is 95.1 Å². The second kappa shape index (κ2) is 3.77. The topological polar surface area (TPSA) is 50.4 Å². The Kier molecular flexibility index (Phi) is 2.61. The summed E-state index contributed by atoms with van der Waals surface area (Å²) in [6.07, 6.45) is 4.44. The number of nitrogens with zero attached hydrogens (tertiary/aromatic N) is 1. The monoisotopic (exact) mass is 221 g/mol. The molecule has 4 heteroatoms. The van der Waals surface area contributed by atoms with E-state index in [2.05, 4.69) is 30.5 Å². The average molecular weight is 221 g/mol. The maximum atomic E-state index is 5.33. The van der Waals surface area contributed by atoms with Crippen molar-refractivity contribution in [2.24, 2.45) is 16.8 Å². The first kappa shape index (κ1) is 10.4. The highest BCUT2D eigenvalue weighted by atomic mass is 32.1. The fourth-order valence-electron chi connectivity index (χ4n) is 2.40. The number of hydrazone groups is 1. The summed E-state index contributed by atoms with van der Waals surface area (Å²) in [5, 5.41) is 4.43. The van der Waals surface area contributed by atoms with Crippen LogP contribution >= 0.6 is 12.2 Å². The largest absolute Gasteiger partial charge is 0.375 e. The summed E-state index contributed by atoms with van der Waals surface area (Å²) in [6, 6.07) is 0. The summed E-state index contributed by atoms with van der Waals surface area (Å²) >= 11 is 4.71. The second-order valence-corrected chi connectivity index (χ2v) is 4.67. The lowest BCUT2D eigenvalue weighted by Gasteiger charge is -2.36. The van der Waals surface area contributed by atoms with E-state index < -0.39 is 0 Å². The number of hydrogen-bond donors (Lipinski definition) is 2. The van der Waals surface area contributed by atoms with Crippen molar-refractivity contribution in [2.75, 3.05) is 0 Å². The van der Waals surface area contributed by atoms with E-state index in [-0.39, 0.29) is 5.11 Å². The SMILES string of the molecule is CC1=CC(C)=C2C(=NNC(N)=S)CC2C1. The highest BCUT2D eigenvalue weighted by Gasteiger charge is 2.34. The Balaban J connectivity index is 2.19. The van der Waals surface area contributed by atoms with Gasteiger partial charge in [-0.05, 0) is 56.0 Å². The zero-order valence-electron chi connectivity index (χ0n) is 9.00. The van der Waals surface area contributed by atoms with Crippen molar-refractivity contribution >= 4 is 23.0 Å². The standard InChI is InChI=1S/C11H15N3S/c1-6-3-7(2)10-8(4-6)5-9(10)13-14-11(12)15/h3,8H,4-5H2,1-2H3,(H3,12,14,15). The van der Waals surface area contributed by atoms with Gasteiger partial charge in [0.1, 0.15) is 0 Å². The summed E-state index contributed by atoms with van der Waals surface area (Å²) in [5.74, 6) is 0.668. The predicted octanol–water partition coefficient (Wildman–Crippen LogP) is 1.86. The molecule has 2 aliphatic rings. The van der Waals surface area contributed by atoms with Gasteiger partial charge in [-0.1, -0.05) is 11.6 Å². The van der Waals surface area contributed by atoms with Crippen molar-refractivity contribution in [3.05, 3.63) is 22.8 Å². The molecule has 1 unspecified atom stereocenters. The predicted molar refractivity (Wildman–Crippen MR) is 66.5 cm³/mol. The highest BCUT2D eigenvalue weighted by Crippen LogP contribution is 2.41. The third kappa shape index (κ3) is 1.95. The van der Waals surface area contributed by atoms with Crippen molar-refractivity contribution in [2.45, 2.75) is 26.7 Å². The molecule has 80 valence electrons. The fraction of sp³-hybridized carbons (Fsp3) is 0.455. The van der Waals surface area contributed by atoms with Crippen molar-refractivity contribution in [3.8, 4) is 0 Å². The van der Waals surface area contributed by atoms with E-state index in [9.17, 15) is 0 Å². The molecule has 0 aliphatic heterocycles. The van der Waals surface area contributed by atoms with Crippen LogP contribution in [0.4, 0.5) is 0 Å². The van der Waals surface area contributed by atoms with Crippen LogP contribution in [-0.4, -0.2) is 10.8 Å². The average Bonchev–Trinajstić information content (AvgIpc) is 2.06. The van der Waals surface area contributed by atoms with Crippen molar-refractivity contribution in [1.29, 1.82) is 0 Å². The van der Waals surface area contributed by atoms with Gasteiger partial charge in [0.15, 0.2) is 5.11 Å². The van der Waals surface area contributed by atoms with E-state index >= 15 is 0 Å². The van der Waals surface area contributed by atoms with Gasteiger partial charge in [0.2, 0.25) is 0 Å². The van der Waals surface area contributed by atoms with Crippen LogP contribution in [0, 0.1) is 5.92 Å². The maximum Gasteiger partial charge on any atom is 0.184 e. The molecule has 0 radical (unpaired) electrons. The van der Waals surface area contributed by atoms with Gasteiger partial charge in [-0.25, -0.2) is 0 Å². The van der Waals surface area contributed by atoms with Crippen LogP contribution in [0.25, 0.3) is 0 Å². The highest BCUT2D eigenvalue weighted by molar-refractivity contribution is 7.80. The van der Waals surface area contributed by atoms with E-state index in [1.165, 1.54) is 23.1 Å². The Hall–Kier alpha value is -1.16. The minimum Gasteiger partial charge on any atom is -0.375 e. The van der Waals surface area contributed by atoms with Gasteiger partial charge in [0.25, 0.3) is 0 Å². The molecule has 0 aromatic heterocycles. The van der Waals surface area contributed by atoms with Crippen LogP contribution in [0.1, 0.15) is 26.7 Å². The molecule has 15 heavy (non-hydrogen) atoms. The molecule has 0 spiro atoms. The molecule has 1 fully saturated rings. The molecular weight excluding hydrogens is 206 g/mol. The first-order valence-corrected chi connectivity index (χ1v) is 5.49. The van der Waals surface area contributed by atoms with Crippen LogP contribution in [-0.2, 0) is 0 Å². The van der Waals surface area contributed by atoms with Crippen molar-refractivity contribution in [1.82, 2.24) is 5.43 Å². The van der Waals surface area contributed by atoms with Crippen LogP contribution in [0.2, 0.25) is 0 Å². The number of allylic oxidation sites excluding steroid dienone is 4.